The van der Waals surface area contributed by atoms with Gasteiger partial charge in [-0.1, -0.05) is 0 Å². The first kappa shape index (κ1) is 10.0. The number of hydrogen-bond acceptors (Lipinski definition) is 4. The molecule has 78 valence electrons. The van der Waals surface area contributed by atoms with Crippen molar-refractivity contribution in [3.05, 3.63) is 31.8 Å². The zero-order valence-corrected chi connectivity index (χ0v) is 9.65. The first-order valence-electron chi connectivity index (χ1n) is 4.10. The Bertz CT molecular complexity index is 658. The molecule has 0 N–H and O–H groups in total. The van der Waals surface area contributed by atoms with Crippen LogP contribution in [0.2, 0.25) is 0 Å². The standard InChI is InChI=1S/C8H7BrN4O2/c1-12-6-4(5(9)10-3-11-6)7(14)13(2)8(12)15/h3H,1-2H3. The van der Waals surface area contributed by atoms with E-state index in [9.17, 15) is 9.59 Å². The SMILES string of the molecule is Cn1c(=O)c2c(Br)ncnc2n(C)c1=O. The normalized spacial score (nSPS) is 10.9. The van der Waals surface area contributed by atoms with Gasteiger partial charge in [-0.05, 0) is 15.9 Å². The molecule has 0 bridgehead atoms. The topological polar surface area (TPSA) is 69.8 Å². The van der Waals surface area contributed by atoms with E-state index in [0.717, 1.165) is 4.57 Å². The maximum Gasteiger partial charge on any atom is 0.332 e. The summed E-state index contributed by atoms with van der Waals surface area (Å²) in [5, 5.41) is 0.308. The molecule has 0 saturated heterocycles. The number of aryl methyl sites for hydroxylation is 1. The average Bonchev–Trinajstić information content (AvgIpc) is 2.23. The van der Waals surface area contributed by atoms with Crippen molar-refractivity contribution in [2.45, 2.75) is 0 Å². The van der Waals surface area contributed by atoms with Gasteiger partial charge < -0.3 is 0 Å². The Morgan fingerprint density at radius 1 is 1.20 bits per heavy atom. The van der Waals surface area contributed by atoms with Crippen LogP contribution in [-0.4, -0.2) is 19.1 Å². The van der Waals surface area contributed by atoms with Crippen molar-refractivity contribution in [3.63, 3.8) is 0 Å². The first-order chi connectivity index (χ1) is 7.04. The summed E-state index contributed by atoms with van der Waals surface area (Å²) in [5.74, 6) is 0. The molecule has 7 heteroatoms. The number of rotatable bonds is 0. The number of fused-ring (bicyclic) bond motifs is 1. The molecular weight excluding hydrogens is 264 g/mol. The van der Waals surface area contributed by atoms with Gasteiger partial charge in [0.25, 0.3) is 5.56 Å². The van der Waals surface area contributed by atoms with Gasteiger partial charge in [-0.25, -0.2) is 14.8 Å². The molecule has 2 aromatic rings. The van der Waals surface area contributed by atoms with Gasteiger partial charge in [0, 0.05) is 14.1 Å². The number of nitrogens with zero attached hydrogens (tertiary/aromatic N) is 4. The quantitative estimate of drug-likeness (QED) is 0.622. The Hall–Kier alpha value is -1.50. The fourth-order valence-corrected chi connectivity index (χ4v) is 1.80. The minimum atomic E-state index is -0.405. The summed E-state index contributed by atoms with van der Waals surface area (Å²) in [7, 11) is 2.98. The Morgan fingerprint density at radius 2 is 1.87 bits per heavy atom. The van der Waals surface area contributed by atoms with Crippen LogP contribution in [0.3, 0.4) is 0 Å². The molecule has 0 amide bonds. The second-order valence-corrected chi connectivity index (χ2v) is 3.82. The van der Waals surface area contributed by atoms with Crippen LogP contribution in [0.25, 0.3) is 11.0 Å². The lowest BCUT2D eigenvalue weighted by atomic mass is 10.4. The predicted molar refractivity (Wildman–Crippen MR) is 57.7 cm³/mol. The zero-order chi connectivity index (χ0) is 11.2. The number of aromatic nitrogens is 4. The van der Waals surface area contributed by atoms with Gasteiger partial charge in [-0.15, -0.1) is 0 Å². The summed E-state index contributed by atoms with van der Waals surface area (Å²) in [6.45, 7) is 0. The van der Waals surface area contributed by atoms with Crippen molar-refractivity contribution in [3.8, 4) is 0 Å². The highest BCUT2D eigenvalue weighted by Crippen LogP contribution is 2.13. The van der Waals surface area contributed by atoms with Crippen LogP contribution in [-0.2, 0) is 14.1 Å². The molecule has 0 atom stereocenters. The van der Waals surface area contributed by atoms with Crippen LogP contribution in [0.15, 0.2) is 20.5 Å². The molecule has 6 nitrogen and oxygen atoms in total. The Morgan fingerprint density at radius 3 is 2.53 bits per heavy atom. The van der Waals surface area contributed by atoms with E-state index in [1.807, 2.05) is 0 Å². The van der Waals surface area contributed by atoms with Gasteiger partial charge in [0.15, 0.2) is 5.65 Å². The Kier molecular flexibility index (Phi) is 2.18. The molecule has 2 heterocycles. The first-order valence-corrected chi connectivity index (χ1v) is 4.89. The number of hydrogen-bond donors (Lipinski definition) is 0. The lowest BCUT2D eigenvalue weighted by molar-refractivity contribution is 0.705. The van der Waals surface area contributed by atoms with Gasteiger partial charge in [-0.2, -0.15) is 0 Å². The molecule has 0 saturated carbocycles. The third-order valence-electron chi connectivity index (χ3n) is 2.19. The van der Waals surface area contributed by atoms with Gasteiger partial charge in [0.1, 0.15) is 16.3 Å². The highest BCUT2D eigenvalue weighted by molar-refractivity contribution is 9.10. The average molecular weight is 271 g/mol. The molecule has 0 aromatic carbocycles. The number of halogens is 1. The predicted octanol–water partition coefficient (Wildman–Crippen LogP) is -0.210. The maximum atomic E-state index is 11.8. The van der Waals surface area contributed by atoms with Gasteiger partial charge in [-0.3, -0.25) is 13.9 Å². The third-order valence-corrected chi connectivity index (χ3v) is 2.79. The summed E-state index contributed by atoms with van der Waals surface area (Å²) in [6, 6.07) is 0. The van der Waals surface area contributed by atoms with Crippen molar-refractivity contribution < 1.29 is 0 Å². The zero-order valence-electron chi connectivity index (χ0n) is 8.06. The van der Waals surface area contributed by atoms with E-state index in [0.29, 0.717) is 15.6 Å². The second-order valence-electron chi connectivity index (χ2n) is 3.07. The Balaban J connectivity index is 3.23. The smallest absolute Gasteiger partial charge is 0.280 e. The van der Waals surface area contributed by atoms with Crippen LogP contribution in [0.5, 0.6) is 0 Å². The van der Waals surface area contributed by atoms with Crippen LogP contribution in [0.1, 0.15) is 0 Å². The molecule has 0 aliphatic carbocycles. The maximum absolute atomic E-state index is 11.8. The van der Waals surface area contributed by atoms with E-state index in [-0.39, 0.29) is 0 Å². The minimum Gasteiger partial charge on any atom is -0.280 e. The summed E-state index contributed by atoms with van der Waals surface area (Å²) in [4.78, 5) is 31.1. The largest absolute Gasteiger partial charge is 0.332 e. The monoisotopic (exact) mass is 270 g/mol. The molecule has 0 spiro atoms. The van der Waals surface area contributed by atoms with E-state index < -0.39 is 11.2 Å². The summed E-state index contributed by atoms with van der Waals surface area (Å²) in [5.41, 5.74) is -0.483. The molecule has 2 rings (SSSR count). The molecule has 15 heavy (non-hydrogen) atoms. The molecule has 2 aromatic heterocycles. The van der Waals surface area contributed by atoms with E-state index in [1.54, 1.807) is 7.05 Å². The highest BCUT2D eigenvalue weighted by Gasteiger charge is 2.12. The summed E-state index contributed by atoms with van der Waals surface area (Å²) < 4.78 is 2.73. The lowest BCUT2D eigenvalue weighted by Gasteiger charge is -2.05. The summed E-state index contributed by atoms with van der Waals surface area (Å²) >= 11 is 3.16. The fourth-order valence-electron chi connectivity index (χ4n) is 1.36. The molecule has 0 unspecified atom stereocenters. The molecule has 0 aliphatic rings. The fraction of sp³-hybridized carbons (Fsp3) is 0.250. The van der Waals surface area contributed by atoms with E-state index in [4.69, 9.17) is 0 Å². The van der Waals surface area contributed by atoms with E-state index in [2.05, 4.69) is 25.9 Å². The van der Waals surface area contributed by atoms with Gasteiger partial charge in [0.05, 0.1) is 0 Å². The molecule has 0 fully saturated rings. The van der Waals surface area contributed by atoms with Crippen molar-refractivity contribution >= 4 is 27.0 Å². The van der Waals surface area contributed by atoms with Crippen molar-refractivity contribution in [2.24, 2.45) is 14.1 Å². The van der Waals surface area contributed by atoms with Crippen molar-refractivity contribution in [1.29, 1.82) is 0 Å². The van der Waals surface area contributed by atoms with Crippen molar-refractivity contribution in [1.82, 2.24) is 19.1 Å². The van der Waals surface area contributed by atoms with Crippen molar-refractivity contribution in [2.75, 3.05) is 0 Å². The van der Waals surface area contributed by atoms with Crippen LogP contribution >= 0.6 is 15.9 Å². The van der Waals surface area contributed by atoms with E-state index >= 15 is 0 Å². The second kappa shape index (κ2) is 3.27. The lowest BCUT2D eigenvalue weighted by Crippen LogP contribution is -2.37. The van der Waals surface area contributed by atoms with Gasteiger partial charge >= 0.3 is 5.69 Å². The van der Waals surface area contributed by atoms with Gasteiger partial charge in [0.2, 0.25) is 0 Å². The minimum absolute atomic E-state index is 0.308. The van der Waals surface area contributed by atoms with Crippen LogP contribution < -0.4 is 11.2 Å². The third kappa shape index (κ3) is 1.30. The Labute approximate surface area is 92.3 Å². The molecular formula is C8H7BrN4O2. The summed E-state index contributed by atoms with van der Waals surface area (Å²) in [6.07, 6.45) is 1.30. The van der Waals surface area contributed by atoms with E-state index in [1.165, 1.54) is 17.9 Å². The van der Waals surface area contributed by atoms with Crippen LogP contribution in [0, 0.1) is 0 Å². The highest BCUT2D eigenvalue weighted by atomic mass is 79.9. The molecule has 0 radical (unpaired) electrons. The van der Waals surface area contributed by atoms with Crippen LogP contribution in [0.4, 0.5) is 0 Å². The molecule has 0 aliphatic heterocycles.